The monoisotopic (exact) mass is 327 g/mol. The Morgan fingerprint density at radius 3 is 2.76 bits per heavy atom. The van der Waals surface area contributed by atoms with E-state index in [1.165, 1.54) is 31.3 Å². The molecule has 0 radical (unpaired) electrons. The second-order valence-electron chi connectivity index (χ2n) is 5.38. The van der Waals surface area contributed by atoms with Crippen LogP contribution in [0, 0.1) is 0 Å². The minimum Gasteiger partial charge on any atom is -0.302 e. The van der Waals surface area contributed by atoms with Gasteiger partial charge < -0.3 is 4.90 Å². The van der Waals surface area contributed by atoms with Crippen LogP contribution in [0.25, 0.3) is 5.57 Å². The van der Waals surface area contributed by atoms with Crippen molar-refractivity contribution in [2.75, 3.05) is 25.9 Å². The largest absolute Gasteiger partial charge is 0.302 e. The molecule has 5 heteroatoms. The summed E-state index contributed by atoms with van der Waals surface area (Å²) in [7, 11) is 2.17. The fraction of sp³-hybridized carbons (Fsp3) is 0.625. The zero-order chi connectivity index (χ0) is 14.2. The Morgan fingerprint density at radius 2 is 2.00 bits per heavy atom. The lowest BCUT2D eigenvalue weighted by Gasteiger charge is -2.23. The third-order valence-corrected chi connectivity index (χ3v) is 4.61. The van der Waals surface area contributed by atoms with E-state index in [9.17, 15) is 0 Å². The topological polar surface area (TPSA) is 29.0 Å². The smallest absolute Gasteiger partial charge is 0.122 e. The van der Waals surface area contributed by atoms with Crippen molar-refractivity contribution >= 4 is 29.7 Å². The summed E-state index contributed by atoms with van der Waals surface area (Å²) in [5.74, 6) is 1.15. The number of rotatable bonds is 7. The van der Waals surface area contributed by atoms with Crippen molar-refractivity contribution in [3.63, 3.8) is 0 Å². The van der Waals surface area contributed by atoms with Crippen LogP contribution in [0.5, 0.6) is 0 Å². The van der Waals surface area contributed by atoms with E-state index in [1.807, 2.05) is 24.2 Å². The van der Waals surface area contributed by atoms with Gasteiger partial charge in [0.05, 0.1) is 5.69 Å². The molecule has 0 amide bonds. The molecule has 0 aromatic carbocycles. The van der Waals surface area contributed by atoms with Crippen LogP contribution in [0.1, 0.15) is 44.7 Å². The summed E-state index contributed by atoms with van der Waals surface area (Å²) in [6.45, 7) is 4.38. The number of thioether (sulfide) groups is 1. The van der Waals surface area contributed by atoms with Crippen molar-refractivity contribution in [1.82, 2.24) is 14.9 Å². The van der Waals surface area contributed by atoms with E-state index >= 15 is 0 Å². The molecule has 21 heavy (non-hydrogen) atoms. The number of hydrogen-bond donors (Lipinski definition) is 0. The van der Waals surface area contributed by atoms with Crippen LogP contribution in [0.3, 0.4) is 0 Å². The first-order valence-corrected chi connectivity index (χ1v) is 8.61. The highest BCUT2D eigenvalue weighted by Crippen LogP contribution is 2.27. The summed E-state index contributed by atoms with van der Waals surface area (Å²) in [4.78, 5) is 11.5. The lowest BCUT2D eigenvalue weighted by Crippen LogP contribution is -2.25. The van der Waals surface area contributed by atoms with E-state index in [2.05, 4.69) is 34.9 Å². The van der Waals surface area contributed by atoms with Crippen molar-refractivity contribution in [3.8, 4) is 0 Å². The average Bonchev–Trinajstić information content (AvgIpc) is 2.47. The Kier molecular flexibility index (Phi) is 8.97. The Balaban J connectivity index is 0.00000220. The first-order valence-electron chi connectivity index (χ1n) is 7.63. The van der Waals surface area contributed by atoms with E-state index < -0.39 is 0 Å². The molecule has 3 nitrogen and oxygen atoms in total. The Labute approximate surface area is 139 Å². The SMILES string of the molecule is CCCCCCSc1nccnc1C1=CCCN(C)C1.Cl. The number of aromatic nitrogens is 2. The molecule has 1 aromatic heterocycles. The van der Waals surface area contributed by atoms with Crippen LogP contribution in [0.15, 0.2) is 23.5 Å². The fourth-order valence-corrected chi connectivity index (χ4v) is 3.41. The van der Waals surface area contributed by atoms with Gasteiger partial charge in [0.1, 0.15) is 5.03 Å². The number of unbranched alkanes of at least 4 members (excludes halogenated alkanes) is 3. The lowest BCUT2D eigenvalue weighted by molar-refractivity contribution is 0.372. The van der Waals surface area contributed by atoms with Gasteiger partial charge in [0.15, 0.2) is 0 Å². The molecule has 2 rings (SSSR count). The summed E-state index contributed by atoms with van der Waals surface area (Å²) in [6.07, 6.45) is 12.3. The van der Waals surface area contributed by atoms with Crippen LogP contribution in [0.2, 0.25) is 0 Å². The third-order valence-electron chi connectivity index (χ3n) is 3.55. The molecule has 0 fully saturated rings. The summed E-state index contributed by atoms with van der Waals surface area (Å²) in [5.41, 5.74) is 2.43. The van der Waals surface area contributed by atoms with Crippen LogP contribution in [-0.4, -0.2) is 40.8 Å². The van der Waals surface area contributed by atoms with E-state index in [1.54, 1.807) is 0 Å². The van der Waals surface area contributed by atoms with Crippen molar-refractivity contribution in [1.29, 1.82) is 0 Å². The second kappa shape index (κ2) is 10.2. The van der Waals surface area contributed by atoms with E-state index in [4.69, 9.17) is 0 Å². The molecule has 0 spiro atoms. The molecular formula is C16H26ClN3S. The molecule has 0 saturated heterocycles. The van der Waals surface area contributed by atoms with Gasteiger partial charge >= 0.3 is 0 Å². The van der Waals surface area contributed by atoms with Gasteiger partial charge in [-0.1, -0.05) is 32.3 Å². The van der Waals surface area contributed by atoms with E-state index in [0.29, 0.717) is 0 Å². The standard InChI is InChI=1S/C16H25N3S.ClH/c1-3-4-5-6-12-20-16-15(17-9-10-18-16)14-8-7-11-19(2)13-14;/h8-10H,3-7,11-13H2,1-2H3;1H. The number of likely N-dealkylation sites (N-methyl/N-ethyl adjacent to an activating group) is 1. The molecule has 1 aromatic rings. The highest BCUT2D eigenvalue weighted by molar-refractivity contribution is 7.99. The maximum absolute atomic E-state index is 4.57. The number of halogens is 1. The first-order chi connectivity index (χ1) is 9.81. The number of nitrogens with zero attached hydrogens (tertiary/aromatic N) is 3. The Hall–Kier alpha value is -0.580. The molecule has 0 unspecified atom stereocenters. The summed E-state index contributed by atoms with van der Waals surface area (Å²) in [5, 5.41) is 1.10. The molecule has 0 aliphatic carbocycles. The molecule has 0 saturated carbocycles. The normalized spacial score (nSPS) is 15.4. The summed E-state index contributed by atoms with van der Waals surface area (Å²) in [6, 6.07) is 0. The van der Waals surface area contributed by atoms with Crippen molar-refractivity contribution in [3.05, 3.63) is 24.2 Å². The maximum Gasteiger partial charge on any atom is 0.122 e. The van der Waals surface area contributed by atoms with Crippen LogP contribution < -0.4 is 0 Å². The minimum absolute atomic E-state index is 0. The van der Waals surface area contributed by atoms with Crippen molar-refractivity contribution < 1.29 is 0 Å². The molecular weight excluding hydrogens is 302 g/mol. The van der Waals surface area contributed by atoms with Crippen LogP contribution in [-0.2, 0) is 0 Å². The first kappa shape index (κ1) is 18.5. The van der Waals surface area contributed by atoms with Gasteiger partial charge in [-0.3, -0.25) is 4.98 Å². The number of hydrogen-bond acceptors (Lipinski definition) is 4. The highest BCUT2D eigenvalue weighted by atomic mass is 35.5. The second-order valence-corrected chi connectivity index (χ2v) is 6.46. The minimum atomic E-state index is 0. The predicted octanol–water partition coefficient (Wildman–Crippen LogP) is 4.29. The van der Waals surface area contributed by atoms with Gasteiger partial charge in [0.2, 0.25) is 0 Å². The van der Waals surface area contributed by atoms with Gasteiger partial charge in [-0.15, -0.1) is 24.2 Å². The van der Waals surface area contributed by atoms with Gasteiger partial charge in [-0.25, -0.2) is 4.98 Å². The van der Waals surface area contributed by atoms with Crippen LogP contribution >= 0.6 is 24.2 Å². The van der Waals surface area contributed by atoms with Gasteiger partial charge in [-0.05, 0) is 31.2 Å². The molecule has 0 bridgehead atoms. The molecule has 1 aliphatic rings. The van der Waals surface area contributed by atoms with E-state index in [0.717, 1.165) is 36.0 Å². The maximum atomic E-state index is 4.57. The fourth-order valence-electron chi connectivity index (χ4n) is 2.41. The Bertz CT molecular complexity index is 451. The zero-order valence-electron chi connectivity index (χ0n) is 13.0. The van der Waals surface area contributed by atoms with Gasteiger partial charge in [0.25, 0.3) is 0 Å². The summed E-state index contributed by atoms with van der Waals surface area (Å²) < 4.78 is 0. The lowest BCUT2D eigenvalue weighted by atomic mass is 10.1. The molecule has 118 valence electrons. The van der Waals surface area contributed by atoms with Crippen molar-refractivity contribution in [2.45, 2.75) is 44.1 Å². The quantitative estimate of drug-likeness (QED) is 0.552. The average molecular weight is 328 g/mol. The predicted molar refractivity (Wildman–Crippen MR) is 94.2 cm³/mol. The van der Waals surface area contributed by atoms with Crippen LogP contribution in [0.4, 0.5) is 0 Å². The summed E-state index contributed by atoms with van der Waals surface area (Å²) >= 11 is 1.86. The molecule has 0 N–H and O–H groups in total. The zero-order valence-corrected chi connectivity index (χ0v) is 14.7. The molecule has 1 aliphatic heterocycles. The van der Waals surface area contributed by atoms with Gasteiger partial charge in [-0.2, -0.15) is 0 Å². The third kappa shape index (κ3) is 5.97. The van der Waals surface area contributed by atoms with E-state index in [-0.39, 0.29) is 12.4 Å². The van der Waals surface area contributed by atoms with Crippen molar-refractivity contribution in [2.24, 2.45) is 0 Å². The van der Waals surface area contributed by atoms with Gasteiger partial charge in [0, 0.05) is 25.5 Å². The Morgan fingerprint density at radius 1 is 1.19 bits per heavy atom. The molecule has 2 heterocycles. The highest BCUT2D eigenvalue weighted by Gasteiger charge is 2.15. The molecule has 0 atom stereocenters.